The smallest absolute Gasteiger partial charge is 0.312 e. The van der Waals surface area contributed by atoms with Crippen molar-refractivity contribution >= 4 is 33.4 Å². The van der Waals surface area contributed by atoms with Gasteiger partial charge in [-0.15, -0.1) is 5.54 Å². The SMILES string of the molecule is CC[Si](C#C[C@@]1(CO[Si](C)(C)C(C)(C)C)CC[C@H](n2cnc3c(N)nc(F)nc32)O1)(CC)CC. The first kappa shape index (κ1) is 26.8. The van der Waals surface area contributed by atoms with Crippen LogP contribution in [-0.4, -0.2) is 48.1 Å². The Bertz CT molecular complexity index is 1080. The average Bonchev–Trinajstić information content (AvgIpc) is 3.38. The molecule has 0 aromatic carbocycles. The number of fused-ring (bicyclic) bond motifs is 1. The molecule has 188 valence electrons. The van der Waals surface area contributed by atoms with E-state index in [0.717, 1.165) is 24.6 Å². The van der Waals surface area contributed by atoms with Crippen LogP contribution in [0.25, 0.3) is 11.2 Å². The van der Waals surface area contributed by atoms with E-state index in [9.17, 15) is 4.39 Å². The number of nitrogens with zero attached hydrogens (tertiary/aromatic N) is 4. The van der Waals surface area contributed by atoms with Crippen LogP contribution in [0.4, 0.5) is 10.2 Å². The molecule has 1 aliphatic rings. The van der Waals surface area contributed by atoms with E-state index in [0.29, 0.717) is 24.2 Å². The molecule has 3 heterocycles. The van der Waals surface area contributed by atoms with Crippen molar-refractivity contribution in [1.82, 2.24) is 19.5 Å². The Morgan fingerprint density at radius 2 is 1.88 bits per heavy atom. The standard InChI is InChI=1S/C24H40FN5O2Si2/c1-9-34(10-2,11-3)15-14-24(16-31-33(7,8)23(4,5)6)13-12-18(32-24)30-17-27-19-20(26)28-22(25)29-21(19)30/h17-18H,9-13,16H2,1-8H3,(H2,26,28,29)/t18-,24-/m1/s1. The summed E-state index contributed by atoms with van der Waals surface area (Å²) in [6, 6.07) is 3.37. The summed E-state index contributed by atoms with van der Waals surface area (Å²) >= 11 is 0. The van der Waals surface area contributed by atoms with E-state index >= 15 is 0 Å². The number of imidazole rings is 1. The molecule has 1 aliphatic heterocycles. The molecule has 0 amide bonds. The number of aromatic nitrogens is 4. The second kappa shape index (κ2) is 9.68. The summed E-state index contributed by atoms with van der Waals surface area (Å²) in [4.78, 5) is 11.8. The lowest BCUT2D eigenvalue weighted by atomic mass is 10.0. The van der Waals surface area contributed by atoms with E-state index in [-0.39, 0.29) is 17.1 Å². The van der Waals surface area contributed by atoms with Gasteiger partial charge in [0.05, 0.1) is 12.9 Å². The van der Waals surface area contributed by atoms with Gasteiger partial charge in [-0.1, -0.05) is 47.5 Å². The topological polar surface area (TPSA) is 88.1 Å². The lowest BCUT2D eigenvalue weighted by Crippen LogP contribution is -2.46. The zero-order valence-electron chi connectivity index (χ0n) is 22.0. The zero-order valence-corrected chi connectivity index (χ0v) is 24.0. The summed E-state index contributed by atoms with van der Waals surface area (Å²) in [6.07, 6.45) is 1.77. The first-order chi connectivity index (χ1) is 15.8. The third-order valence-electron chi connectivity index (χ3n) is 7.95. The molecule has 7 nitrogen and oxygen atoms in total. The summed E-state index contributed by atoms with van der Waals surface area (Å²) in [5.41, 5.74) is 9.58. The molecular weight excluding hydrogens is 465 g/mol. The van der Waals surface area contributed by atoms with Gasteiger partial charge < -0.3 is 14.9 Å². The molecule has 0 spiro atoms. The van der Waals surface area contributed by atoms with Crippen LogP contribution in [0.2, 0.25) is 36.3 Å². The fourth-order valence-corrected chi connectivity index (χ4v) is 7.61. The average molecular weight is 506 g/mol. The monoisotopic (exact) mass is 505 g/mol. The fraction of sp³-hybridized carbons (Fsp3) is 0.708. The van der Waals surface area contributed by atoms with Crippen LogP contribution in [0.5, 0.6) is 0 Å². The highest BCUT2D eigenvalue weighted by Gasteiger charge is 2.45. The minimum atomic E-state index is -2.01. The molecule has 2 aromatic rings. The van der Waals surface area contributed by atoms with Crippen LogP contribution in [0.3, 0.4) is 0 Å². The second-order valence-electron chi connectivity index (χ2n) is 10.9. The largest absolute Gasteiger partial charge is 0.413 e. The Labute approximate surface area is 205 Å². The van der Waals surface area contributed by atoms with Crippen LogP contribution in [0.15, 0.2) is 6.33 Å². The van der Waals surface area contributed by atoms with E-state index in [4.69, 9.17) is 14.9 Å². The molecule has 2 N–H and O–H groups in total. The van der Waals surface area contributed by atoms with Crippen molar-refractivity contribution in [2.75, 3.05) is 12.3 Å². The highest BCUT2D eigenvalue weighted by molar-refractivity contribution is 6.87. The lowest BCUT2D eigenvalue weighted by Gasteiger charge is -2.38. The Kier molecular flexibility index (Phi) is 7.63. The first-order valence-electron chi connectivity index (χ1n) is 12.3. The van der Waals surface area contributed by atoms with Crippen molar-refractivity contribution in [3.63, 3.8) is 0 Å². The fourth-order valence-electron chi connectivity index (χ4n) is 4.06. The van der Waals surface area contributed by atoms with Gasteiger partial charge in [-0.2, -0.15) is 14.4 Å². The van der Waals surface area contributed by atoms with Crippen molar-refractivity contribution in [2.45, 2.75) is 102 Å². The summed E-state index contributed by atoms with van der Waals surface area (Å²) in [6.45, 7) is 18.4. The maximum atomic E-state index is 13.9. The van der Waals surface area contributed by atoms with Gasteiger partial charge in [0, 0.05) is 0 Å². The maximum absolute atomic E-state index is 13.9. The maximum Gasteiger partial charge on any atom is 0.312 e. The number of hydrogen-bond donors (Lipinski definition) is 1. The number of anilines is 1. The van der Waals surface area contributed by atoms with Crippen molar-refractivity contribution in [1.29, 1.82) is 0 Å². The minimum absolute atomic E-state index is 0.0242. The summed E-state index contributed by atoms with van der Waals surface area (Å²) in [5.74, 6) is 3.62. The Morgan fingerprint density at radius 1 is 1.24 bits per heavy atom. The van der Waals surface area contributed by atoms with Crippen LogP contribution in [-0.2, 0) is 9.16 Å². The number of hydrogen-bond acceptors (Lipinski definition) is 6. The van der Waals surface area contributed by atoms with Crippen LogP contribution < -0.4 is 5.73 Å². The van der Waals surface area contributed by atoms with E-state index in [1.807, 2.05) is 0 Å². The molecule has 0 radical (unpaired) electrons. The summed E-state index contributed by atoms with van der Waals surface area (Å²) in [5, 5.41) is 0.0842. The molecule has 0 bridgehead atoms. The highest BCUT2D eigenvalue weighted by atomic mass is 28.4. The molecule has 3 rings (SSSR count). The highest BCUT2D eigenvalue weighted by Crippen LogP contribution is 2.41. The lowest BCUT2D eigenvalue weighted by molar-refractivity contribution is -0.0590. The normalized spacial score (nSPS) is 21.6. The van der Waals surface area contributed by atoms with Gasteiger partial charge in [0.1, 0.15) is 14.3 Å². The third-order valence-corrected chi connectivity index (χ3v) is 17.1. The Morgan fingerprint density at radius 3 is 2.47 bits per heavy atom. The molecule has 2 aromatic heterocycles. The van der Waals surface area contributed by atoms with Crippen molar-refractivity contribution < 1.29 is 13.6 Å². The molecule has 0 aliphatic carbocycles. The number of halogens is 1. The third kappa shape index (κ3) is 5.22. The molecule has 1 saturated heterocycles. The quantitative estimate of drug-likeness (QED) is 0.296. The predicted octanol–water partition coefficient (Wildman–Crippen LogP) is 5.67. The predicted molar refractivity (Wildman–Crippen MR) is 140 cm³/mol. The zero-order chi connectivity index (χ0) is 25.4. The summed E-state index contributed by atoms with van der Waals surface area (Å²) in [7, 11) is -3.69. The molecule has 0 unspecified atom stereocenters. The van der Waals surface area contributed by atoms with Gasteiger partial charge in [0.25, 0.3) is 0 Å². The molecular formula is C24H40FN5O2Si2. The molecule has 0 saturated carbocycles. The number of nitrogen functional groups attached to an aromatic ring is 1. The molecule has 10 heteroatoms. The van der Waals surface area contributed by atoms with Gasteiger partial charge >= 0.3 is 6.08 Å². The van der Waals surface area contributed by atoms with Crippen LogP contribution in [0.1, 0.15) is 60.6 Å². The number of rotatable bonds is 7. The summed E-state index contributed by atoms with van der Waals surface area (Å²) < 4.78 is 29.0. The van der Waals surface area contributed by atoms with E-state index in [1.165, 1.54) is 0 Å². The van der Waals surface area contributed by atoms with Gasteiger partial charge in [0.15, 0.2) is 30.9 Å². The van der Waals surface area contributed by atoms with Gasteiger partial charge in [-0.25, -0.2) is 4.98 Å². The first-order valence-corrected chi connectivity index (χ1v) is 17.9. The number of nitrogens with two attached hydrogens (primary N) is 1. The van der Waals surface area contributed by atoms with Crippen molar-refractivity contribution in [2.24, 2.45) is 0 Å². The Hall–Kier alpha value is -1.81. The number of ether oxygens (including phenoxy) is 1. The molecule has 2 atom stereocenters. The second-order valence-corrected chi connectivity index (χ2v) is 20.7. The van der Waals surface area contributed by atoms with E-state index < -0.39 is 28.1 Å². The minimum Gasteiger partial charge on any atom is -0.413 e. The molecule has 1 fully saturated rings. The van der Waals surface area contributed by atoms with E-state index in [1.54, 1.807) is 10.9 Å². The van der Waals surface area contributed by atoms with Crippen molar-refractivity contribution in [3.8, 4) is 11.5 Å². The van der Waals surface area contributed by atoms with Gasteiger partial charge in [0.2, 0.25) is 0 Å². The van der Waals surface area contributed by atoms with Crippen LogP contribution in [0, 0.1) is 17.5 Å². The Balaban J connectivity index is 1.98. The van der Waals surface area contributed by atoms with Gasteiger partial charge in [-0.3, -0.25) is 4.57 Å². The van der Waals surface area contributed by atoms with Crippen molar-refractivity contribution in [3.05, 3.63) is 12.4 Å². The molecule has 34 heavy (non-hydrogen) atoms. The van der Waals surface area contributed by atoms with Crippen LogP contribution >= 0.6 is 0 Å². The van der Waals surface area contributed by atoms with E-state index in [2.05, 4.69) is 81.1 Å². The van der Waals surface area contributed by atoms with Gasteiger partial charge in [-0.05, 0) is 49.1 Å².